The van der Waals surface area contributed by atoms with Crippen LogP contribution in [0.1, 0.15) is 43.6 Å². The van der Waals surface area contributed by atoms with Crippen LogP contribution in [-0.4, -0.2) is 19.3 Å². The molecule has 0 spiro atoms. The largest absolute Gasteiger partial charge is 0.486 e. The highest BCUT2D eigenvalue weighted by Crippen LogP contribution is 2.37. The van der Waals surface area contributed by atoms with Gasteiger partial charge in [-0.15, -0.1) is 0 Å². The number of ether oxygens (including phenoxy) is 2. The van der Waals surface area contributed by atoms with Gasteiger partial charge in [-0.1, -0.05) is 25.3 Å². The van der Waals surface area contributed by atoms with E-state index in [-0.39, 0.29) is 6.04 Å². The molecule has 3 rings (SSSR count). The van der Waals surface area contributed by atoms with E-state index in [1.165, 1.54) is 31.2 Å². The summed E-state index contributed by atoms with van der Waals surface area (Å²) < 4.78 is 11.2. The first kappa shape index (κ1) is 11.8. The lowest BCUT2D eigenvalue weighted by atomic mass is 9.88. The van der Waals surface area contributed by atoms with E-state index in [9.17, 15) is 0 Å². The molecule has 0 amide bonds. The second-order valence-electron chi connectivity index (χ2n) is 5.31. The van der Waals surface area contributed by atoms with Gasteiger partial charge in [0.25, 0.3) is 0 Å². The number of fused-ring (bicyclic) bond motifs is 1. The number of hydrogen-bond donors (Lipinski definition) is 1. The molecule has 98 valence electrons. The molecule has 1 fully saturated rings. The van der Waals surface area contributed by atoms with Gasteiger partial charge >= 0.3 is 0 Å². The normalized spacial score (nSPS) is 27.6. The van der Waals surface area contributed by atoms with Crippen molar-refractivity contribution in [1.82, 2.24) is 0 Å². The fourth-order valence-corrected chi connectivity index (χ4v) is 3.04. The molecular weight excluding hydrogens is 226 g/mol. The van der Waals surface area contributed by atoms with Gasteiger partial charge in [0.2, 0.25) is 0 Å². The molecule has 3 nitrogen and oxygen atoms in total. The van der Waals surface area contributed by atoms with Gasteiger partial charge in [-0.25, -0.2) is 0 Å². The minimum Gasteiger partial charge on any atom is -0.486 e. The van der Waals surface area contributed by atoms with Crippen LogP contribution in [0.2, 0.25) is 0 Å². The molecule has 2 aliphatic rings. The second-order valence-corrected chi connectivity index (χ2v) is 5.31. The van der Waals surface area contributed by atoms with E-state index in [1.807, 2.05) is 6.07 Å². The van der Waals surface area contributed by atoms with Crippen LogP contribution in [0.25, 0.3) is 0 Å². The molecule has 1 aromatic rings. The molecule has 2 unspecified atom stereocenters. The molecule has 1 heterocycles. The van der Waals surface area contributed by atoms with E-state index in [2.05, 4.69) is 12.1 Å². The molecule has 0 aromatic heterocycles. The van der Waals surface area contributed by atoms with Crippen molar-refractivity contribution in [2.24, 2.45) is 5.73 Å². The minimum absolute atomic E-state index is 0.287. The Hall–Kier alpha value is -1.22. The zero-order valence-electron chi connectivity index (χ0n) is 10.7. The summed E-state index contributed by atoms with van der Waals surface area (Å²) in [5, 5.41) is 0. The molecule has 1 aliphatic heterocycles. The quantitative estimate of drug-likeness (QED) is 0.776. The van der Waals surface area contributed by atoms with Gasteiger partial charge in [0.05, 0.1) is 0 Å². The zero-order chi connectivity index (χ0) is 12.4. The van der Waals surface area contributed by atoms with Gasteiger partial charge in [-0.3, -0.25) is 0 Å². The number of benzene rings is 1. The average molecular weight is 247 g/mol. The highest BCUT2D eigenvalue weighted by molar-refractivity contribution is 5.45. The summed E-state index contributed by atoms with van der Waals surface area (Å²) in [5.41, 5.74) is 7.63. The van der Waals surface area contributed by atoms with Crippen molar-refractivity contribution in [2.45, 2.75) is 44.1 Å². The summed E-state index contributed by atoms with van der Waals surface area (Å²) in [7, 11) is 0. The van der Waals surface area contributed by atoms with E-state index in [1.54, 1.807) is 0 Å². The smallest absolute Gasteiger partial charge is 0.161 e. The summed E-state index contributed by atoms with van der Waals surface area (Å²) in [4.78, 5) is 0. The lowest BCUT2D eigenvalue weighted by Crippen LogP contribution is -2.27. The molecule has 1 aromatic carbocycles. The highest BCUT2D eigenvalue weighted by atomic mass is 16.6. The van der Waals surface area contributed by atoms with Crippen molar-refractivity contribution in [2.75, 3.05) is 13.2 Å². The van der Waals surface area contributed by atoms with Crippen molar-refractivity contribution >= 4 is 0 Å². The number of nitrogens with two attached hydrogens (primary N) is 1. The Labute approximate surface area is 108 Å². The SMILES string of the molecule is NC1CCCCCC1c1ccc2c(c1)OCCO2. The van der Waals surface area contributed by atoms with Gasteiger partial charge in [0.15, 0.2) is 11.5 Å². The minimum atomic E-state index is 0.287. The third-order valence-electron chi connectivity index (χ3n) is 4.06. The van der Waals surface area contributed by atoms with Crippen LogP contribution in [-0.2, 0) is 0 Å². The first-order chi connectivity index (χ1) is 8.84. The zero-order valence-corrected chi connectivity index (χ0v) is 10.7. The van der Waals surface area contributed by atoms with Crippen molar-refractivity contribution < 1.29 is 9.47 Å². The first-order valence-corrected chi connectivity index (χ1v) is 7.00. The van der Waals surface area contributed by atoms with Gasteiger partial charge in [-0.2, -0.15) is 0 Å². The van der Waals surface area contributed by atoms with E-state index < -0.39 is 0 Å². The van der Waals surface area contributed by atoms with Crippen LogP contribution in [0.4, 0.5) is 0 Å². The third kappa shape index (κ3) is 2.32. The molecule has 2 N–H and O–H groups in total. The predicted octanol–water partition coefficient (Wildman–Crippen LogP) is 2.83. The Morgan fingerprint density at radius 2 is 1.72 bits per heavy atom. The first-order valence-electron chi connectivity index (χ1n) is 7.00. The summed E-state index contributed by atoms with van der Waals surface area (Å²) in [6.07, 6.45) is 6.20. The molecular formula is C15H21NO2. The van der Waals surface area contributed by atoms with Crippen LogP contribution >= 0.6 is 0 Å². The highest BCUT2D eigenvalue weighted by Gasteiger charge is 2.23. The molecule has 2 atom stereocenters. The van der Waals surface area contributed by atoms with E-state index >= 15 is 0 Å². The Morgan fingerprint density at radius 3 is 2.61 bits per heavy atom. The van der Waals surface area contributed by atoms with Crippen molar-refractivity contribution in [3.8, 4) is 11.5 Å². The number of rotatable bonds is 1. The van der Waals surface area contributed by atoms with Crippen LogP contribution in [0, 0.1) is 0 Å². The van der Waals surface area contributed by atoms with Gasteiger partial charge in [-0.05, 0) is 36.5 Å². The Morgan fingerprint density at radius 1 is 0.944 bits per heavy atom. The average Bonchev–Trinajstić information content (AvgIpc) is 2.63. The van der Waals surface area contributed by atoms with Crippen LogP contribution < -0.4 is 15.2 Å². The van der Waals surface area contributed by atoms with Crippen molar-refractivity contribution in [3.05, 3.63) is 23.8 Å². The lowest BCUT2D eigenvalue weighted by molar-refractivity contribution is 0.171. The molecule has 3 heteroatoms. The Kier molecular flexibility index (Phi) is 3.41. The molecule has 0 radical (unpaired) electrons. The van der Waals surface area contributed by atoms with E-state index in [0.717, 1.165) is 17.9 Å². The topological polar surface area (TPSA) is 44.5 Å². The summed E-state index contributed by atoms with van der Waals surface area (Å²) in [5.74, 6) is 2.23. The summed E-state index contributed by atoms with van der Waals surface area (Å²) in [6, 6.07) is 6.60. The Balaban J connectivity index is 1.86. The van der Waals surface area contributed by atoms with E-state index in [4.69, 9.17) is 15.2 Å². The lowest BCUT2D eigenvalue weighted by Gasteiger charge is -2.24. The second kappa shape index (κ2) is 5.19. The van der Waals surface area contributed by atoms with Crippen LogP contribution in [0.5, 0.6) is 11.5 Å². The summed E-state index contributed by atoms with van der Waals surface area (Å²) in [6.45, 7) is 1.29. The molecule has 0 saturated heterocycles. The fraction of sp³-hybridized carbons (Fsp3) is 0.600. The van der Waals surface area contributed by atoms with Crippen molar-refractivity contribution in [1.29, 1.82) is 0 Å². The summed E-state index contributed by atoms with van der Waals surface area (Å²) >= 11 is 0. The maximum absolute atomic E-state index is 6.32. The fourth-order valence-electron chi connectivity index (χ4n) is 3.04. The van der Waals surface area contributed by atoms with E-state index in [0.29, 0.717) is 19.1 Å². The molecule has 1 saturated carbocycles. The standard InChI is InChI=1S/C15H21NO2/c16-13-5-3-1-2-4-12(13)11-6-7-14-15(10-11)18-9-8-17-14/h6-7,10,12-13H,1-5,8-9,16H2. The number of hydrogen-bond acceptors (Lipinski definition) is 3. The monoisotopic (exact) mass is 247 g/mol. The van der Waals surface area contributed by atoms with Crippen molar-refractivity contribution in [3.63, 3.8) is 0 Å². The van der Waals surface area contributed by atoms with Crippen LogP contribution in [0.3, 0.4) is 0 Å². The van der Waals surface area contributed by atoms with Crippen LogP contribution in [0.15, 0.2) is 18.2 Å². The maximum Gasteiger partial charge on any atom is 0.161 e. The predicted molar refractivity (Wildman–Crippen MR) is 71.2 cm³/mol. The maximum atomic E-state index is 6.32. The van der Waals surface area contributed by atoms with Gasteiger partial charge in [0, 0.05) is 6.04 Å². The molecule has 0 bridgehead atoms. The molecule has 18 heavy (non-hydrogen) atoms. The third-order valence-corrected chi connectivity index (χ3v) is 4.06. The van der Waals surface area contributed by atoms with Gasteiger partial charge < -0.3 is 15.2 Å². The Bertz CT molecular complexity index is 419. The van der Waals surface area contributed by atoms with Gasteiger partial charge in [0.1, 0.15) is 13.2 Å². The molecule has 1 aliphatic carbocycles.